The van der Waals surface area contributed by atoms with Crippen molar-refractivity contribution >= 4 is 34.4 Å². The van der Waals surface area contributed by atoms with Gasteiger partial charge in [0.1, 0.15) is 12.4 Å². The smallest absolute Gasteiger partial charge is 0.323 e. The minimum absolute atomic E-state index is 0.0520. The molecule has 0 unspecified atom stereocenters. The molecule has 1 atom stereocenters. The van der Waals surface area contributed by atoms with Crippen LogP contribution in [-0.2, 0) is 35.4 Å². The lowest BCUT2D eigenvalue weighted by atomic mass is 9.91. The van der Waals surface area contributed by atoms with Crippen LogP contribution in [0.15, 0.2) is 42.5 Å². The number of amides is 1. The van der Waals surface area contributed by atoms with Gasteiger partial charge in [0, 0.05) is 34.1 Å². The summed E-state index contributed by atoms with van der Waals surface area (Å²) in [5.41, 5.74) is 3.50. The molecule has 7 heteroatoms. The molecule has 4 rings (SSSR count). The number of nitrogens with one attached hydrogen (secondary N) is 1. The molecule has 1 aliphatic rings. The van der Waals surface area contributed by atoms with Gasteiger partial charge in [0.05, 0.1) is 0 Å². The van der Waals surface area contributed by atoms with Crippen molar-refractivity contribution in [2.75, 3.05) is 0 Å². The summed E-state index contributed by atoms with van der Waals surface area (Å²) in [4.78, 5) is 23.8. The Labute approximate surface area is 178 Å². The van der Waals surface area contributed by atoms with E-state index < -0.39 is 5.97 Å². The number of rotatable bonds is 6. The van der Waals surface area contributed by atoms with Gasteiger partial charge in [-0.3, -0.25) is 9.59 Å². The van der Waals surface area contributed by atoms with Gasteiger partial charge >= 0.3 is 5.97 Å². The highest BCUT2D eigenvalue weighted by Crippen LogP contribution is 2.33. The van der Waals surface area contributed by atoms with Crippen LogP contribution in [0, 0.1) is 5.82 Å². The van der Waals surface area contributed by atoms with Crippen molar-refractivity contribution in [2.24, 2.45) is 0 Å². The SMILES string of the molecule is O=C(O)Cn1c2c(c3cc(F)ccc31)C[C@@H](NC(=O)CCc1ccccc1Cl)CC2. The first kappa shape index (κ1) is 20.4. The molecule has 0 radical (unpaired) electrons. The van der Waals surface area contributed by atoms with Crippen molar-refractivity contribution in [3.05, 3.63) is 70.1 Å². The predicted molar refractivity (Wildman–Crippen MR) is 113 cm³/mol. The monoisotopic (exact) mass is 428 g/mol. The summed E-state index contributed by atoms with van der Waals surface area (Å²) in [6, 6.07) is 11.8. The number of carboxylic acid groups (broad SMARTS) is 1. The van der Waals surface area contributed by atoms with Gasteiger partial charge in [-0.05, 0) is 61.1 Å². The maximum atomic E-state index is 13.9. The number of halogens is 2. The molecule has 0 bridgehead atoms. The van der Waals surface area contributed by atoms with Crippen LogP contribution in [-0.4, -0.2) is 27.6 Å². The summed E-state index contributed by atoms with van der Waals surface area (Å²) in [5, 5.41) is 13.7. The van der Waals surface area contributed by atoms with Crippen molar-refractivity contribution in [2.45, 2.75) is 44.7 Å². The Morgan fingerprint density at radius 1 is 1.23 bits per heavy atom. The van der Waals surface area contributed by atoms with E-state index in [4.69, 9.17) is 11.6 Å². The van der Waals surface area contributed by atoms with Crippen LogP contribution < -0.4 is 5.32 Å². The number of hydrogen-bond acceptors (Lipinski definition) is 2. The van der Waals surface area contributed by atoms with Crippen molar-refractivity contribution in [1.82, 2.24) is 9.88 Å². The Bertz CT molecular complexity index is 1130. The van der Waals surface area contributed by atoms with E-state index in [1.54, 1.807) is 10.6 Å². The first-order chi connectivity index (χ1) is 14.4. The molecule has 0 spiro atoms. The van der Waals surface area contributed by atoms with Crippen LogP contribution in [0.2, 0.25) is 5.02 Å². The number of carbonyl (C=O) groups is 2. The van der Waals surface area contributed by atoms with Gasteiger partial charge in [-0.25, -0.2) is 4.39 Å². The molecule has 0 saturated heterocycles. The number of nitrogens with zero attached hydrogens (tertiary/aromatic N) is 1. The van der Waals surface area contributed by atoms with E-state index in [9.17, 15) is 19.1 Å². The van der Waals surface area contributed by atoms with Crippen LogP contribution >= 0.6 is 11.6 Å². The molecule has 0 saturated carbocycles. The lowest BCUT2D eigenvalue weighted by molar-refractivity contribution is -0.137. The number of aryl methyl sites for hydroxylation is 1. The van der Waals surface area contributed by atoms with Crippen molar-refractivity contribution in [1.29, 1.82) is 0 Å². The molecule has 0 aliphatic heterocycles. The third-order valence-electron chi connectivity index (χ3n) is 5.67. The predicted octanol–water partition coefficient (Wildman–Crippen LogP) is 4.12. The van der Waals surface area contributed by atoms with Gasteiger partial charge in [0.15, 0.2) is 0 Å². The third-order valence-corrected chi connectivity index (χ3v) is 6.04. The second kappa shape index (κ2) is 8.48. The molecule has 156 valence electrons. The lowest BCUT2D eigenvalue weighted by Gasteiger charge is -2.25. The lowest BCUT2D eigenvalue weighted by Crippen LogP contribution is -2.39. The first-order valence-corrected chi connectivity index (χ1v) is 10.3. The third kappa shape index (κ3) is 4.19. The maximum absolute atomic E-state index is 13.9. The largest absolute Gasteiger partial charge is 0.480 e. The second-order valence-electron chi connectivity index (χ2n) is 7.67. The van der Waals surface area contributed by atoms with Gasteiger partial charge in [-0.15, -0.1) is 0 Å². The molecule has 0 fully saturated rings. The Balaban J connectivity index is 1.50. The van der Waals surface area contributed by atoms with Gasteiger partial charge in [0.25, 0.3) is 0 Å². The van der Waals surface area contributed by atoms with E-state index in [1.807, 2.05) is 24.3 Å². The molecule has 5 nitrogen and oxygen atoms in total. The Kier molecular flexibility index (Phi) is 5.77. The molecule has 1 aromatic heterocycles. The fourth-order valence-corrected chi connectivity index (χ4v) is 4.54. The molecule has 2 aromatic carbocycles. The van der Waals surface area contributed by atoms with Crippen molar-refractivity contribution in [3.63, 3.8) is 0 Å². The number of carboxylic acids is 1. The molecule has 1 amide bonds. The molecule has 2 N–H and O–H groups in total. The standard InChI is InChI=1S/C23H22ClFN2O3/c24-19-4-2-1-3-14(19)5-10-22(28)26-16-7-9-21-18(12-16)17-11-15(25)6-8-20(17)27(21)13-23(29)30/h1-4,6,8,11,16H,5,7,9-10,12-13H2,(H,26,28)(H,29,30)/t16-/m0/s1. The molecule has 1 aliphatic carbocycles. The van der Waals surface area contributed by atoms with E-state index in [2.05, 4.69) is 5.32 Å². The Hall–Kier alpha value is -2.86. The van der Waals surface area contributed by atoms with Gasteiger partial charge in [0.2, 0.25) is 5.91 Å². The van der Waals surface area contributed by atoms with E-state index in [0.717, 1.165) is 27.7 Å². The molecular weight excluding hydrogens is 407 g/mol. The fraction of sp³-hybridized carbons (Fsp3) is 0.304. The van der Waals surface area contributed by atoms with Crippen LogP contribution in [0.5, 0.6) is 0 Å². The second-order valence-corrected chi connectivity index (χ2v) is 8.07. The normalized spacial score (nSPS) is 15.7. The maximum Gasteiger partial charge on any atom is 0.323 e. The van der Waals surface area contributed by atoms with E-state index >= 15 is 0 Å². The molecule has 1 heterocycles. The molecular formula is C23H22ClFN2O3. The molecule has 3 aromatic rings. The van der Waals surface area contributed by atoms with Crippen LogP contribution in [0.1, 0.15) is 29.7 Å². The zero-order chi connectivity index (χ0) is 21.3. The quantitative estimate of drug-likeness (QED) is 0.620. The zero-order valence-corrected chi connectivity index (χ0v) is 17.1. The number of aliphatic carboxylic acids is 1. The van der Waals surface area contributed by atoms with Gasteiger partial charge in [-0.1, -0.05) is 29.8 Å². The summed E-state index contributed by atoms with van der Waals surface area (Å²) in [7, 11) is 0. The summed E-state index contributed by atoms with van der Waals surface area (Å²) in [6.07, 6.45) is 2.80. The number of hydrogen-bond donors (Lipinski definition) is 2. The Morgan fingerprint density at radius 3 is 2.80 bits per heavy atom. The van der Waals surface area contributed by atoms with Crippen LogP contribution in [0.3, 0.4) is 0 Å². The number of fused-ring (bicyclic) bond motifs is 3. The van der Waals surface area contributed by atoms with Crippen molar-refractivity contribution in [3.8, 4) is 0 Å². The number of aromatic nitrogens is 1. The highest BCUT2D eigenvalue weighted by Gasteiger charge is 2.27. The number of carbonyl (C=O) groups excluding carboxylic acids is 1. The number of benzene rings is 2. The fourth-order valence-electron chi connectivity index (χ4n) is 4.31. The van der Waals surface area contributed by atoms with Gasteiger partial charge in [-0.2, -0.15) is 0 Å². The average molecular weight is 429 g/mol. The zero-order valence-electron chi connectivity index (χ0n) is 16.3. The average Bonchev–Trinajstić information content (AvgIpc) is 2.99. The minimum Gasteiger partial charge on any atom is -0.480 e. The summed E-state index contributed by atoms with van der Waals surface area (Å²) < 4.78 is 15.6. The van der Waals surface area contributed by atoms with Gasteiger partial charge < -0.3 is 15.0 Å². The summed E-state index contributed by atoms with van der Waals surface area (Å²) in [5.74, 6) is -1.35. The topological polar surface area (TPSA) is 71.3 Å². The first-order valence-electron chi connectivity index (χ1n) is 9.96. The molecule has 30 heavy (non-hydrogen) atoms. The summed E-state index contributed by atoms with van der Waals surface area (Å²) >= 11 is 6.16. The minimum atomic E-state index is -0.936. The highest BCUT2D eigenvalue weighted by molar-refractivity contribution is 6.31. The van der Waals surface area contributed by atoms with Crippen LogP contribution in [0.4, 0.5) is 4.39 Å². The van der Waals surface area contributed by atoms with E-state index in [-0.39, 0.29) is 24.3 Å². The van der Waals surface area contributed by atoms with Crippen LogP contribution in [0.25, 0.3) is 10.9 Å². The highest BCUT2D eigenvalue weighted by atomic mass is 35.5. The Morgan fingerprint density at radius 2 is 2.03 bits per heavy atom. The van der Waals surface area contributed by atoms with E-state index in [1.165, 1.54) is 12.1 Å². The van der Waals surface area contributed by atoms with E-state index in [0.29, 0.717) is 37.1 Å². The summed E-state index contributed by atoms with van der Waals surface area (Å²) in [6.45, 7) is -0.160. The van der Waals surface area contributed by atoms with Crippen molar-refractivity contribution < 1.29 is 19.1 Å².